The number of benzene rings is 1. The van der Waals surface area contributed by atoms with Crippen LogP contribution in [0.4, 0.5) is 5.69 Å². The van der Waals surface area contributed by atoms with Crippen molar-refractivity contribution in [2.45, 2.75) is 19.3 Å². The molecular formula is C11H11NO3. The summed E-state index contributed by atoms with van der Waals surface area (Å²) in [6.45, 7) is 0. The van der Waals surface area contributed by atoms with Gasteiger partial charge in [-0.25, -0.2) is 0 Å². The quantitative estimate of drug-likeness (QED) is 0.762. The molecule has 1 aromatic carbocycles. The Balaban J connectivity index is 2.28. The lowest BCUT2D eigenvalue weighted by molar-refractivity contribution is -0.136. The van der Waals surface area contributed by atoms with Gasteiger partial charge >= 0.3 is 5.97 Å². The Morgan fingerprint density at radius 3 is 2.93 bits per heavy atom. The number of aryl methyl sites for hydroxylation is 1. The minimum absolute atomic E-state index is 0.00465. The van der Waals surface area contributed by atoms with E-state index in [0.717, 1.165) is 17.7 Å². The summed E-state index contributed by atoms with van der Waals surface area (Å²) in [4.78, 5) is 21.6. The van der Waals surface area contributed by atoms with E-state index < -0.39 is 5.97 Å². The Morgan fingerprint density at radius 1 is 1.40 bits per heavy atom. The van der Waals surface area contributed by atoms with Gasteiger partial charge in [-0.3, -0.25) is 9.59 Å². The number of carboxylic acids is 1. The van der Waals surface area contributed by atoms with Crippen LogP contribution in [0.3, 0.4) is 0 Å². The van der Waals surface area contributed by atoms with Crippen LogP contribution in [0.15, 0.2) is 18.2 Å². The number of aliphatic carboxylic acids is 1. The standard InChI is InChI=1S/C11H11NO3/c13-10-4-3-8-2-1-7(6-11(14)15)5-9(8)12-10/h1-2,5H,3-4,6H2,(H,12,13)(H,14,15). The van der Waals surface area contributed by atoms with Crippen molar-refractivity contribution in [3.63, 3.8) is 0 Å². The Kier molecular flexibility index (Phi) is 2.41. The minimum atomic E-state index is -0.864. The number of carbonyl (C=O) groups excluding carboxylic acids is 1. The smallest absolute Gasteiger partial charge is 0.307 e. The topological polar surface area (TPSA) is 66.4 Å². The van der Waals surface area contributed by atoms with E-state index >= 15 is 0 Å². The van der Waals surface area contributed by atoms with Gasteiger partial charge in [-0.05, 0) is 23.6 Å². The molecule has 0 saturated heterocycles. The van der Waals surface area contributed by atoms with Gasteiger partial charge in [0, 0.05) is 12.1 Å². The summed E-state index contributed by atoms with van der Waals surface area (Å²) in [7, 11) is 0. The van der Waals surface area contributed by atoms with Crippen molar-refractivity contribution in [2.75, 3.05) is 5.32 Å². The van der Waals surface area contributed by atoms with Gasteiger partial charge in [0.05, 0.1) is 6.42 Å². The van der Waals surface area contributed by atoms with Gasteiger partial charge in [-0.2, -0.15) is 0 Å². The van der Waals surface area contributed by atoms with Crippen LogP contribution in [0.5, 0.6) is 0 Å². The second kappa shape index (κ2) is 3.73. The summed E-state index contributed by atoms with van der Waals surface area (Å²) < 4.78 is 0. The summed E-state index contributed by atoms with van der Waals surface area (Å²) in [5.74, 6) is -0.868. The number of amides is 1. The van der Waals surface area contributed by atoms with Crippen molar-refractivity contribution in [1.29, 1.82) is 0 Å². The number of rotatable bonds is 2. The van der Waals surface area contributed by atoms with Crippen molar-refractivity contribution >= 4 is 17.6 Å². The zero-order chi connectivity index (χ0) is 10.8. The van der Waals surface area contributed by atoms with Gasteiger partial charge < -0.3 is 10.4 Å². The van der Waals surface area contributed by atoms with Gasteiger partial charge in [0.1, 0.15) is 0 Å². The average Bonchev–Trinajstić information content (AvgIpc) is 2.16. The van der Waals surface area contributed by atoms with E-state index in [1.807, 2.05) is 6.07 Å². The first-order valence-corrected chi connectivity index (χ1v) is 4.78. The van der Waals surface area contributed by atoms with Crippen molar-refractivity contribution in [3.8, 4) is 0 Å². The van der Waals surface area contributed by atoms with Crippen LogP contribution in [-0.4, -0.2) is 17.0 Å². The summed E-state index contributed by atoms with van der Waals surface area (Å²) in [5, 5.41) is 11.4. The SMILES string of the molecule is O=C(O)Cc1ccc2c(c1)NC(=O)CC2. The largest absolute Gasteiger partial charge is 0.481 e. The molecule has 1 aromatic rings. The van der Waals surface area contributed by atoms with Crippen molar-refractivity contribution < 1.29 is 14.7 Å². The summed E-state index contributed by atoms with van der Waals surface area (Å²) in [5.41, 5.74) is 2.54. The van der Waals surface area contributed by atoms with E-state index in [1.165, 1.54) is 0 Å². The van der Waals surface area contributed by atoms with Gasteiger partial charge in [0.2, 0.25) is 5.91 Å². The molecule has 4 nitrogen and oxygen atoms in total. The van der Waals surface area contributed by atoms with Crippen LogP contribution in [0.1, 0.15) is 17.5 Å². The third kappa shape index (κ3) is 2.15. The molecule has 0 spiro atoms. The molecule has 0 atom stereocenters. The lowest BCUT2D eigenvalue weighted by Crippen LogP contribution is -2.19. The highest BCUT2D eigenvalue weighted by Gasteiger charge is 2.15. The van der Waals surface area contributed by atoms with Crippen molar-refractivity contribution in [1.82, 2.24) is 0 Å². The number of fused-ring (bicyclic) bond motifs is 1. The molecule has 0 unspecified atom stereocenters. The highest BCUT2D eigenvalue weighted by atomic mass is 16.4. The second-order valence-corrected chi connectivity index (χ2v) is 3.61. The maximum atomic E-state index is 11.1. The van der Waals surface area contributed by atoms with Gasteiger partial charge in [0.25, 0.3) is 0 Å². The number of anilines is 1. The van der Waals surface area contributed by atoms with Crippen molar-refractivity contribution in [3.05, 3.63) is 29.3 Å². The third-order valence-corrected chi connectivity index (χ3v) is 2.43. The van der Waals surface area contributed by atoms with Gasteiger partial charge in [-0.15, -0.1) is 0 Å². The first kappa shape index (κ1) is 9.71. The monoisotopic (exact) mass is 205 g/mol. The molecule has 0 aliphatic carbocycles. The maximum Gasteiger partial charge on any atom is 0.307 e. The van der Waals surface area contributed by atoms with E-state index in [1.54, 1.807) is 12.1 Å². The van der Waals surface area contributed by atoms with E-state index in [4.69, 9.17) is 5.11 Å². The molecule has 1 aliphatic heterocycles. The van der Waals surface area contributed by atoms with Crippen LogP contribution in [0.2, 0.25) is 0 Å². The molecule has 0 radical (unpaired) electrons. The number of hydrogen-bond acceptors (Lipinski definition) is 2. The molecule has 1 amide bonds. The number of nitrogens with one attached hydrogen (secondary N) is 1. The molecule has 1 heterocycles. The molecule has 2 rings (SSSR count). The minimum Gasteiger partial charge on any atom is -0.481 e. The summed E-state index contributed by atoms with van der Waals surface area (Å²) in [6.07, 6.45) is 1.23. The van der Waals surface area contributed by atoms with Crippen LogP contribution in [0, 0.1) is 0 Å². The molecule has 2 N–H and O–H groups in total. The lowest BCUT2D eigenvalue weighted by Gasteiger charge is -2.17. The molecule has 15 heavy (non-hydrogen) atoms. The van der Waals surface area contributed by atoms with E-state index in [9.17, 15) is 9.59 Å². The Morgan fingerprint density at radius 2 is 2.20 bits per heavy atom. The lowest BCUT2D eigenvalue weighted by atomic mass is 10.00. The predicted octanol–water partition coefficient (Wildman–Crippen LogP) is 1.20. The number of carboxylic acid groups (broad SMARTS) is 1. The fourth-order valence-corrected chi connectivity index (χ4v) is 1.70. The summed E-state index contributed by atoms with van der Waals surface area (Å²) in [6, 6.07) is 5.41. The van der Waals surface area contributed by atoms with Gasteiger partial charge in [0.15, 0.2) is 0 Å². The molecule has 0 fully saturated rings. The van der Waals surface area contributed by atoms with E-state index in [2.05, 4.69) is 5.32 Å². The van der Waals surface area contributed by atoms with E-state index in [0.29, 0.717) is 12.0 Å². The van der Waals surface area contributed by atoms with Crippen LogP contribution < -0.4 is 5.32 Å². The zero-order valence-electron chi connectivity index (χ0n) is 8.12. The predicted molar refractivity (Wildman–Crippen MR) is 54.7 cm³/mol. The fourth-order valence-electron chi connectivity index (χ4n) is 1.70. The Hall–Kier alpha value is -1.84. The average molecular weight is 205 g/mol. The molecule has 78 valence electrons. The Bertz CT molecular complexity index is 426. The molecule has 4 heteroatoms. The fraction of sp³-hybridized carbons (Fsp3) is 0.273. The van der Waals surface area contributed by atoms with Crippen LogP contribution in [0.25, 0.3) is 0 Å². The molecule has 0 aromatic heterocycles. The third-order valence-electron chi connectivity index (χ3n) is 2.43. The number of hydrogen-bond donors (Lipinski definition) is 2. The first-order chi connectivity index (χ1) is 7.15. The normalized spacial score (nSPS) is 14.3. The maximum absolute atomic E-state index is 11.1. The molecule has 0 saturated carbocycles. The van der Waals surface area contributed by atoms with Crippen molar-refractivity contribution in [2.24, 2.45) is 0 Å². The number of carbonyl (C=O) groups is 2. The van der Waals surface area contributed by atoms with E-state index in [-0.39, 0.29) is 12.3 Å². The zero-order valence-corrected chi connectivity index (χ0v) is 8.12. The highest BCUT2D eigenvalue weighted by Crippen LogP contribution is 2.23. The molecule has 0 bridgehead atoms. The van der Waals surface area contributed by atoms with Gasteiger partial charge in [-0.1, -0.05) is 12.1 Å². The Labute approximate surface area is 86.9 Å². The second-order valence-electron chi connectivity index (χ2n) is 3.61. The van der Waals surface area contributed by atoms with Crippen LogP contribution >= 0.6 is 0 Å². The molecular weight excluding hydrogens is 194 g/mol. The summed E-state index contributed by atoms with van der Waals surface area (Å²) >= 11 is 0. The first-order valence-electron chi connectivity index (χ1n) is 4.78. The highest BCUT2D eigenvalue weighted by molar-refractivity contribution is 5.94. The molecule has 1 aliphatic rings. The van der Waals surface area contributed by atoms with Crippen LogP contribution in [-0.2, 0) is 22.4 Å².